The number of rotatable bonds is 3. The smallest absolute Gasteiger partial charge is 0.243 e. The molecule has 1 fully saturated rings. The molecule has 2 unspecified atom stereocenters. The molecule has 2 atom stereocenters. The highest BCUT2D eigenvalue weighted by molar-refractivity contribution is 9.10. The van der Waals surface area contributed by atoms with Gasteiger partial charge >= 0.3 is 0 Å². The minimum Gasteiger partial charge on any atom is -0.314 e. The third-order valence-electron chi connectivity index (χ3n) is 3.21. The van der Waals surface area contributed by atoms with Crippen LogP contribution in [-0.4, -0.2) is 27.0 Å². The van der Waals surface area contributed by atoms with Crippen molar-refractivity contribution in [1.82, 2.24) is 10.0 Å². The minimum atomic E-state index is -4.00. The van der Waals surface area contributed by atoms with Crippen LogP contribution in [0, 0.1) is 11.6 Å². The van der Waals surface area contributed by atoms with Crippen LogP contribution in [0.15, 0.2) is 21.5 Å². The van der Waals surface area contributed by atoms with Crippen molar-refractivity contribution in [2.75, 3.05) is 6.54 Å². The summed E-state index contributed by atoms with van der Waals surface area (Å²) in [6.45, 7) is 2.65. The van der Waals surface area contributed by atoms with Crippen molar-refractivity contribution in [2.45, 2.75) is 36.7 Å². The van der Waals surface area contributed by atoms with Crippen LogP contribution in [0.5, 0.6) is 0 Å². The Labute approximate surface area is 125 Å². The van der Waals surface area contributed by atoms with Gasteiger partial charge in [-0.05, 0) is 48.3 Å². The van der Waals surface area contributed by atoms with Crippen molar-refractivity contribution in [3.8, 4) is 0 Å². The van der Waals surface area contributed by atoms with Crippen molar-refractivity contribution in [3.63, 3.8) is 0 Å². The summed E-state index contributed by atoms with van der Waals surface area (Å²) in [5.41, 5.74) is 0. The van der Waals surface area contributed by atoms with E-state index >= 15 is 0 Å². The first kappa shape index (κ1) is 15.8. The number of benzene rings is 1. The Hall–Kier alpha value is -0.570. The van der Waals surface area contributed by atoms with Gasteiger partial charge in [-0.1, -0.05) is 0 Å². The number of hydrogen-bond donors (Lipinski definition) is 2. The van der Waals surface area contributed by atoms with Gasteiger partial charge in [0.1, 0.15) is 16.5 Å². The Kier molecular flexibility index (Phi) is 4.78. The number of piperidine rings is 1. The summed E-state index contributed by atoms with van der Waals surface area (Å²) in [6.07, 6.45) is 1.26. The van der Waals surface area contributed by atoms with E-state index in [-0.39, 0.29) is 16.6 Å². The summed E-state index contributed by atoms with van der Waals surface area (Å²) in [5, 5.41) is 3.20. The first-order chi connectivity index (χ1) is 9.29. The molecule has 1 aromatic rings. The molecule has 0 bridgehead atoms. The second-order valence-electron chi connectivity index (χ2n) is 4.89. The number of hydrogen-bond acceptors (Lipinski definition) is 3. The second-order valence-corrected chi connectivity index (χ2v) is 7.43. The highest BCUT2D eigenvalue weighted by atomic mass is 79.9. The fraction of sp³-hybridized carbons (Fsp3) is 0.500. The van der Waals surface area contributed by atoms with Gasteiger partial charge in [-0.15, -0.1) is 0 Å². The molecule has 0 radical (unpaired) electrons. The Morgan fingerprint density at radius 3 is 2.70 bits per heavy atom. The summed E-state index contributed by atoms with van der Waals surface area (Å²) in [4.78, 5) is -0.544. The van der Waals surface area contributed by atoms with Gasteiger partial charge in [0.15, 0.2) is 0 Å². The van der Waals surface area contributed by atoms with Gasteiger partial charge in [0, 0.05) is 18.2 Å². The van der Waals surface area contributed by atoms with E-state index in [1.165, 1.54) is 0 Å². The van der Waals surface area contributed by atoms with Gasteiger partial charge in [0.05, 0.1) is 4.47 Å². The molecule has 0 aliphatic carbocycles. The topological polar surface area (TPSA) is 58.2 Å². The van der Waals surface area contributed by atoms with Crippen LogP contribution in [0.3, 0.4) is 0 Å². The number of nitrogens with one attached hydrogen (secondary N) is 2. The van der Waals surface area contributed by atoms with Gasteiger partial charge in [0.25, 0.3) is 0 Å². The van der Waals surface area contributed by atoms with Crippen LogP contribution in [0.1, 0.15) is 19.8 Å². The molecule has 1 aromatic carbocycles. The van der Waals surface area contributed by atoms with Crippen LogP contribution in [0.2, 0.25) is 0 Å². The zero-order valence-electron chi connectivity index (χ0n) is 10.8. The Morgan fingerprint density at radius 1 is 1.35 bits per heavy atom. The average Bonchev–Trinajstić information content (AvgIpc) is 2.33. The lowest BCUT2D eigenvalue weighted by molar-refractivity contribution is 0.361. The molecule has 20 heavy (non-hydrogen) atoms. The molecule has 0 spiro atoms. The Bertz CT molecular complexity index is 610. The summed E-state index contributed by atoms with van der Waals surface area (Å²) >= 11 is 2.86. The maximum absolute atomic E-state index is 13.7. The van der Waals surface area contributed by atoms with Crippen LogP contribution < -0.4 is 10.0 Å². The first-order valence-corrected chi connectivity index (χ1v) is 8.47. The third-order valence-corrected chi connectivity index (χ3v) is 5.35. The van der Waals surface area contributed by atoms with Crippen molar-refractivity contribution in [2.24, 2.45) is 0 Å². The van der Waals surface area contributed by atoms with Gasteiger partial charge in [-0.3, -0.25) is 0 Å². The van der Waals surface area contributed by atoms with E-state index in [0.29, 0.717) is 25.5 Å². The van der Waals surface area contributed by atoms with E-state index < -0.39 is 26.6 Å². The molecule has 1 aliphatic rings. The van der Waals surface area contributed by atoms with E-state index in [4.69, 9.17) is 0 Å². The summed E-state index contributed by atoms with van der Waals surface area (Å²) in [5.74, 6) is -1.93. The summed E-state index contributed by atoms with van der Waals surface area (Å²) in [7, 11) is -4.00. The maximum Gasteiger partial charge on any atom is 0.243 e. The van der Waals surface area contributed by atoms with Crippen molar-refractivity contribution >= 4 is 26.0 Å². The zero-order chi connectivity index (χ0) is 14.9. The Morgan fingerprint density at radius 2 is 2.05 bits per heavy atom. The van der Waals surface area contributed by atoms with Gasteiger partial charge in [0.2, 0.25) is 10.0 Å². The molecule has 4 nitrogen and oxygen atoms in total. The molecule has 8 heteroatoms. The molecular weight excluding hydrogens is 354 g/mol. The predicted molar refractivity (Wildman–Crippen MR) is 74.9 cm³/mol. The molecule has 0 saturated carbocycles. The largest absolute Gasteiger partial charge is 0.314 e. The molecule has 2 rings (SSSR count). The molecule has 1 heterocycles. The fourth-order valence-corrected chi connectivity index (χ4v) is 4.10. The summed E-state index contributed by atoms with van der Waals surface area (Å²) < 4.78 is 53.6. The SMILES string of the molecule is CC1CC(NS(=O)(=O)c2cc(Br)c(F)cc2F)CCN1. The van der Waals surface area contributed by atoms with Crippen molar-refractivity contribution in [3.05, 3.63) is 28.2 Å². The number of sulfonamides is 1. The van der Waals surface area contributed by atoms with Gasteiger partial charge in [-0.2, -0.15) is 0 Å². The lowest BCUT2D eigenvalue weighted by Gasteiger charge is -2.28. The summed E-state index contributed by atoms with van der Waals surface area (Å²) in [6, 6.07) is 1.45. The first-order valence-electron chi connectivity index (χ1n) is 6.20. The Balaban J connectivity index is 2.24. The van der Waals surface area contributed by atoms with Crippen molar-refractivity contribution in [1.29, 1.82) is 0 Å². The van der Waals surface area contributed by atoms with Crippen LogP contribution in [0.25, 0.3) is 0 Å². The number of halogens is 3. The predicted octanol–water partition coefficient (Wildman–Crippen LogP) is 2.15. The lowest BCUT2D eigenvalue weighted by Crippen LogP contribution is -2.46. The average molecular weight is 369 g/mol. The molecule has 2 N–H and O–H groups in total. The van der Waals surface area contributed by atoms with E-state index in [1.807, 2.05) is 6.92 Å². The van der Waals surface area contributed by atoms with Crippen LogP contribution in [0.4, 0.5) is 8.78 Å². The molecular formula is C12H15BrF2N2O2S. The molecule has 1 saturated heterocycles. The highest BCUT2D eigenvalue weighted by Gasteiger charge is 2.27. The van der Waals surface area contributed by atoms with E-state index in [0.717, 1.165) is 6.07 Å². The standard InChI is InChI=1S/C12H15BrF2N2O2S/c1-7-4-8(2-3-16-7)17-20(18,19)12-5-9(13)10(14)6-11(12)15/h5-8,16-17H,2-4H2,1H3. The molecule has 1 aliphatic heterocycles. The van der Waals surface area contributed by atoms with Gasteiger partial charge < -0.3 is 5.32 Å². The van der Waals surface area contributed by atoms with Crippen LogP contribution >= 0.6 is 15.9 Å². The lowest BCUT2D eigenvalue weighted by atomic mass is 10.0. The van der Waals surface area contributed by atoms with Crippen molar-refractivity contribution < 1.29 is 17.2 Å². The normalized spacial score (nSPS) is 23.8. The maximum atomic E-state index is 13.7. The molecule has 0 aromatic heterocycles. The highest BCUT2D eigenvalue weighted by Crippen LogP contribution is 2.24. The second kappa shape index (κ2) is 6.05. The fourth-order valence-electron chi connectivity index (χ4n) is 2.23. The third kappa shape index (κ3) is 3.55. The van der Waals surface area contributed by atoms with E-state index in [9.17, 15) is 17.2 Å². The van der Waals surface area contributed by atoms with E-state index in [1.54, 1.807) is 0 Å². The quantitative estimate of drug-likeness (QED) is 0.803. The zero-order valence-corrected chi connectivity index (χ0v) is 13.2. The van der Waals surface area contributed by atoms with E-state index in [2.05, 4.69) is 26.0 Å². The van der Waals surface area contributed by atoms with Gasteiger partial charge in [-0.25, -0.2) is 21.9 Å². The molecule has 112 valence electrons. The van der Waals surface area contributed by atoms with Crippen LogP contribution in [-0.2, 0) is 10.0 Å². The monoisotopic (exact) mass is 368 g/mol. The minimum absolute atomic E-state index is 0.0852. The molecule has 0 amide bonds.